The number of benzene rings is 2. The van der Waals surface area contributed by atoms with Gasteiger partial charge < -0.3 is 35.0 Å². The van der Waals surface area contributed by atoms with Crippen LogP contribution in [0.3, 0.4) is 0 Å². The molecular formula is C28H28BN5O5. The molecule has 5 N–H and O–H groups in total. The van der Waals surface area contributed by atoms with Crippen LogP contribution >= 0.6 is 0 Å². The minimum Gasteiger partial charge on any atom is -0.489 e. The molecule has 0 saturated carbocycles. The molecule has 3 heterocycles. The van der Waals surface area contributed by atoms with Crippen LogP contribution in [0.1, 0.15) is 21.5 Å². The topological polar surface area (TPSA) is 144 Å². The zero-order valence-corrected chi connectivity index (χ0v) is 21.6. The van der Waals surface area contributed by atoms with Gasteiger partial charge in [-0.2, -0.15) is 0 Å². The van der Waals surface area contributed by atoms with Crippen molar-refractivity contribution in [2.75, 3.05) is 25.6 Å². The Morgan fingerprint density at radius 2 is 1.90 bits per heavy atom. The lowest BCUT2D eigenvalue weighted by atomic mass is 9.80. The van der Waals surface area contributed by atoms with Crippen LogP contribution in [0.4, 0.5) is 5.82 Å². The third-order valence-corrected chi connectivity index (χ3v) is 6.42. The van der Waals surface area contributed by atoms with Crippen LogP contribution in [0.5, 0.6) is 5.75 Å². The molecule has 2 aromatic carbocycles. The van der Waals surface area contributed by atoms with Crippen molar-refractivity contribution in [3.63, 3.8) is 0 Å². The Labute approximate surface area is 225 Å². The Morgan fingerprint density at radius 3 is 2.67 bits per heavy atom. The summed E-state index contributed by atoms with van der Waals surface area (Å²) in [5.41, 5.74) is 10.1. The van der Waals surface area contributed by atoms with Crippen molar-refractivity contribution in [2.24, 2.45) is 5.73 Å². The van der Waals surface area contributed by atoms with Crippen LogP contribution in [-0.4, -0.2) is 57.8 Å². The molecule has 0 aliphatic carbocycles. The number of methoxy groups -OCH3 is 1. The number of amides is 1. The second kappa shape index (κ2) is 11.1. The maximum atomic E-state index is 12.1. The zero-order valence-electron chi connectivity index (χ0n) is 21.6. The molecule has 0 unspecified atom stereocenters. The number of nitrogens with one attached hydrogen (secondary N) is 1. The molecule has 5 aromatic rings. The molecule has 5 rings (SSSR count). The van der Waals surface area contributed by atoms with Gasteiger partial charge in [-0.1, -0.05) is 30.3 Å². The van der Waals surface area contributed by atoms with E-state index in [1.807, 2.05) is 47.9 Å². The fourth-order valence-corrected chi connectivity index (χ4v) is 4.59. The normalized spacial score (nSPS) is 11.2. The minimum absolute atomic E-state index is 0.350. The van der Waals surface area contributed by atoms with Gasteiger partial charge in [0.1, 0.15) is 23.7 Å². The predicted molar refractivity (Wildman–Crippen MR) is 150 cm³/mol. The van der Waals surface area contributed by atoms with Crippen molar-refractivity contribution >= 4 is 40.7 Å². The van der Waals surface area contributed by atoms with Gasteiger partial charge >= 0.3 is 7.12 Å². The van der Waals surface area contributed by atoms with E-state index in [2.05, 4.69) is 5.32 Å². The average Bonchev–Trinajstić information content (AvgIpc) is 3.27. The van der Waals surface area contributed by atoms with Gasteiger partial charge in [-0.3, -0.25) is 4.79 Å². The van der Waals surface area contributed by atoms with Gasteiger partial charge in [0.05, 0.1) is 23.4 Å². The summed E-state index contributed by atoms with van der Waals surface area (Å²) in [5, 5.41) is 23.3. The van der Waals surface area contributed by atoms with Gasteiger partial charge in [0.2, 0.25) is 0 Å². The molecule has 0 fully saturated rings. The number of primary amides is 1. The largest absolute Gasteiger partial charge is 0.489 e. The van der Waals surface area contributed by atoms with Crippen molar-refractivity contribution in [2.45, 2.75) is 13.5 Å². The van der Waals surface area contributed by atoms with Crippen LogP contribution in [0, 0.1) is 6.92 Å². The lowest BCUT2D eigenvalue weighted by Gasteiger charge is -2.15. The zero-order chi connectivity index (χ0) is 27.5. The van der Waals surface area contributed by atoms with Gasteiger partial charge in [-0.05, 0) is 53.8 Å². The average molecular weight is 525 g/mol. The highest BCUT2D eigenvalue weighted by molar-refractivity contribution is 6.58. The van der Waals surface area contributed by atoms with E-state index < -0.39 is 13.0 Å². The summed E-state index contributed by atoms with van der Waals surface area (Å²) in [4.78, 5) is 21.9. The summed E-state index contributed by atoms with van der Waals surface area (Å²) in [6.45, 7) is 3.08. The number of hydrogen-bond acceptors (Lipinski definition) is 8. The Balaban J connectivity index is 1.65. The SMILES string of the molecule is COCCOc1cccc2c(NCc3cccc(B(O)O)c3)nc(-c3c(C)cc4c(C(N)=O)cccn34)nc12. The summed E-state index contributed by atoms with van der Waals surface area (Å²) < 4.78 is 13.0. The summed E-state index contributed by atoms with van der Waals surface area (Å²) in [6.07, 6.45) is 1.84. The number of para-hydroxylation sites is 1. The van der Waals surface area contributed by atoms with E-state index in [4.69, 9.17) is 25.2 Å². The number of carbonyl (C=O) groups is 1. The summed E-state index contributed by atoms with van der Waals surface area (Å²) in [7, 11) is 0.0552. The van der Waals surface area contributed by atoms with Gasteiger partial charge in [0.15, 0.2) is 5.82 Å². The number of ether oxygens (including phenoxy) is 2. The number of fused-ring (bicyclic) bond motifs is 2. The Morgan fingerprint density at radius 1 is 1.08 bits per heavy atom. The molecule has 39 heavy (non-hydrogen) atoms. The number of nitrogens with two attached hydrogens (primary N) is 1. The number of hydrogen-bond donors (Lipinski definition) is 4. The number of carbonyl (C=O) groups excluding carboxylic acids is 1. The third-order valence-electron chi connectivity index (χ3n) is 6.42. The minimum atomic E-state index is -1.56. The van der Waals surface area contributed by atoms with Crippen LogP contribution in [0.25, 0.3) is 27.9 Å². The Hall–Kier alpha value is -4.45. The Bertz CT molecular complexity index is 1670. The second-order valence-corrected chi connectivity index (χ2v) is 9.08. The van der Waals surface area contributed by atoms with Crippen molar-refractivity contribution in [3.05, 3.63) is 83.6 Å². The standard InChI is InChI=1S/C28H28BN5O5/c1-17-14-22-20(26(30)35)9-5-11-34(22)25(17)28-32-24-21(8-4-10-23(24)39-13-12-38-2)27(33-28)31-16-18-6-3-7-19(15-18)29(36)37/h3-11,14-15,36-37H,12-13,16H2,1-2H3,(H2,30,35)(H,31,32,33). The molecule has 0 aliphatic heterocycles. The van der Waals surface area contributed by atoms with Crippen molar-refractivity contribution in [1.29, 1.82) is 0 Å². The molecule has 3 aromatic heterocycles. The first-order valence-corrected chi connectivity index (χ1v) is 12.4. The molecular weight excluding hydrogens is 497 g/mol. The highest BCUT2D eigenvalue weighted by Gasteiger charge is 2.20. The van der Waals surface area contributed by atoms with Gasteiger partial charge in [0, 0.05) is 25.2 Å². The monoisotopic (exact) mass is 525 g/mol. The van der Waals surface area contributed by atoms with Gasteiger partial charge in [-0.25, -0.2) is 9.97 Å². The quantitative estimate of drug-likeness (QED) is 0.161. The summed E-state index contributed by atoms with van der Waals surface area (Å²) >= 11 is 0. The number of aromatic nitrogens is 3. The Kier molecular flexibility index (Phi) is 7.46. The number of pyridine rings is 1. The summed E-state index contributed by atoms with van der Waals surface area (Å²) in [6, 6.07) is 18.0. The van der Waals surface area contributed by atoms with Crippen molar-refractivity contribution in [1.82, 2.24) is 14.4 Å². The van der Waals surface area contributed by atoms with Crippen molar-refractivity contribution < 1.29 is 24.3 Å². The molecule has 0 atom stereocenters. The van der Waals surface area contributed by atoms with Crippen molar-refractivity contribution in [3.8, 4) is 17.3 Å². The molecule has 1 amide bonds. The van der Waals surface area contributed by atoms with E-state index in [1.54, 1.807) is 37.4 Å². The van der Waals surface area contributed by atoms with Gasteiger partial charge in [0.25, 0.3) is 5.91 Å². The fraction of sp³-hybridized carbons (Fsp3) is 0.179. The van der Waals surface area contributed by atoms with E-state index in [9.17, 15) is 14.8 Å². The maximum Gasteiger partial charge on any atom is 0.488 e. The molecule has 198 valence electrons. The van der Waals surface area contributed by atoms with E-state index in [0.717, 1.165) is 22.2 Å². The highest BCUT2D eigenvalue weighted by atomic mass is 16.5. The highest BCUT2D eigenvalue weighted by Crippen LogP contribution is 2.33. The molecule has 0 bridgehead atoms. The first-order valence-electron chi connectivity index (χ1n) is 12.4. The first kappa shape index (κ1) is 26.2. The van der Waals surface area contributed by atoms with E-state index in [1.165, 1.54) is 0 Å². The number of anilines is 1. The lowest BCUT2D eigenvalue weighted by molar-refractivity contribution is 0.100. The second-order valence-electron chi connectivity index (χ2n) is 9.08. The molecule has 0 radical (unpaired) electrons. The van der Waals surface area contributed by atoms with Crippen LogP contribution in [-0.2, 0) is 11.3 Å². The first-order chi connectivity index (χ1) is 18.9. The van der Waals surface area contributed by atoms with E-state index in [-0.39, 0.29) is 0 Å². The fourth-order valence-electron chi connectivity index (χ4n) is 4.59. The maximum absolute atomic E-state index is 12.1. The molecule has 0 aliphatic rings. The predicted octanol–water partition coefficient (Wildman–Crippen LogP) is 2.27. The number of rotatable bonds is 10. The smallest absolute Gasteiger partial charge is 0.488 e. The van der Waals surface area contributed by atoms with Crippen LogP contribution < -0.4 is 21.3 Å². The van der Waals surface area contributed by atoms with Crippen LogP contribution in [0.15, 0.2) is 66.9 Å². The van der Waals surface area contributed by atoms with Gasteiger partial charge in [-0.15, -0.1) is 0 Å². The lowest BCUT2D eigenvalue weighted by Crippen LogP contribution is -2.30. The molecule has 11 heteroatoms. The van der Waals surface area contributed by atoms with E-state index in [0.29, 0.717) is 59.2 Å². The third kappa shape index (κ3) is 5.28. The molecule has 10 nitrogen and oxygen atoms in total. The number of nitrogens with zero attached hydrogens (tertiary/aromatic N) is 3. The molecule has 0 saturated heterocycles. The molecule has 0 spiro atoms. The summed E-state index contributed by atoms with van der Waals surface area (Å²) in [5.74, 6) is 1.07. The van der Waals surface area contributed by atoms with Crippen LogP contribution in [0.2, 0.25) is 0 Å². The number of aryl methyl sites for hydroxylation is 1. The van der Waals surface area contributed by atoms with E-state index >= 15 is 0 Å².